The van der Waals surface area contributed by atoms with Gasteiger partial charge >= 0.3 is 0 Å². The second kappa shape index (κ2) is 5.61. The fraction of sp³-hybridized carbons (Fsp3) is 0.500. The average Bonchev–Trinajstić information content (AvgIpc) is 2.26. The molecular weight excluding hydrogens is 194 g/mol. The van der Waals surface area contributed by atoms with Crippen LogP contribution >= 0.6 is 11.8 Å². The molecule has 1 atom stereocenters. The molecule has 1 aromatic heterocycles. The molecule has 14 heavy (non-hydrogen) atoms. The molecule has 3 nitrogen and oxygen atoms in total. The van der Waals surface area contributed by atoms with Crippen molar-refractivity contribution in [1.29, 1.82) is 5.26 Å². The molecule has 0 fully saturated rings. The lowest BCUT2D eigenvalue weighted by atomic mass is 10.2. The van der Waals surface area contributed by atoms with Gasteiger partial charge in [0.15, 0.2) is 5.16 Å². The van der Waals surface area contributed by atoms with Crippen molar-refractivity contribution >= 4 is 11.8 Å². The number of hydrogen-bond donors (Lipinski definition) is 0. The quantitative estimate of drug-likeness (QED) is 0.562. The first kappa shape index (κ1) is 11.0. The summed E-state index contributed by atoms with van der Waals surface area (Å²) >= 11 is 1.61. The lowest BCUT2D eigenvalue weighted by molar-refractivity contribution is 0.636. The third-order valence-corrected chi connectivity index (χ3v) is 3.13. The molecule has 0 aliphatic heterocycles. The van der Waals surface area contributed by atoms with Gasteiger partial charge in [0.2, 0.25) is 0 Å². The van der Waals surface area contributed by atoms with Gasteiger partial charge in [-0.3, -0.25) is 0 Å². The number of nitrogens with zero attached hydrogens (tertiary/aromatic N) is 3. The molecular formula is C10H13N3S. The maximum Gasteiger partial charge on any atom is 0.188 e. The Bertz CT molecular complexity index is 332. The Kier molecular flexibility index (Phi) is 4.41. The van der Waals surface area contributed by atoms with E-state index in [2.05, 4.69) is 23.8 Å². The molecule has 0 spiro atoms. The molecule has 74 valence electrons. The van der Waals surface area contributed by atoms with Crippen molar-refractivity contribution in [2.75, 3.05) is 5.75 Å². The molecule has 0 N–H and O–H groups in total. The SMILES string of the molecule is CCC(C)CSc1nccc(C#N)n1. The first-order valence-corrected chi connectivity index (χ1v) is 5.60. The van der Waals surface area contributed by atoms with Crippen molar-refractivity contribution in [3.8, 4) is 6.07 Å². The molecule has 1 aromatic rings. The van der Waals surface area contributed by atoms with Crippen molar-refractivity contribution in [1.82, 2.24) is 9.97 Å². The lowest BCUT2D eigenvalue weighted by Gasteiger charge is -2.05. The van der Waals surface area contributed by atoms with Crippen LogP contribution in [0.2, 0.25) is 0 Å². The van der Waals surface area contributed by atoms with Gasteiger partial charge in [-0.2, -0.15) is 5.26 Å². The van der Waals surface area contributed by atoms with Gasteiger partial charge < -0.3 is 0 Å². The van der Waals surface area contributed by atoms with Crippen LogP contribution in [-0.2, 0) is 0 Å². The number of rotatable bonds is 4. The maximum absolute atomic E-state index is 8.64. The molecule has 0 bridgehead atoms. The zero-order valence-electron chi connectivity index (χ0n) is 8.40. The third kappa shape index (κ3) is 3.35. The summed E-state index contributed by atoms with van der Waals surface area (Å²) in [5.74, 6) is 1.67. The zero-order valence-corrected chi connectivity index (χ0v) is 9.21. The van der Waals surface area contributed by atoms with Gasteiger partial charge in [-0.15, -0.1) is 0 Å². The van der Waals surface area contributed by atoms with Crippen LogP contribution in [0.15, 0.2) is 17.4 Å². The molecule has 0 aliphatic carbocycles. The van der Waals surface area contributed by atoms with Crippen LogP contribution in [0.4, 0.5) is 0 Å². The van der Waals surface area contributed by atoms with Crippen LogP contribution in [0.3, 0.4) is 0 Å². The highest BCUT2D eigenvalue weighted by atomic mass is 32.2. The highest BCUT2D eigenvalue weighted by Gasteiger charge is 2.03. The summed E-state index contributed by atoms with van der Waals surface area (Å²) in [5, 5.41) is 9.33. The van der Waals surface area contributed by atoms with E-state index in [0.29, 0.717) is 16.8 Å². The van der Waals surface area contributed by atoms with Gasteiger partial charge in [-0.05, 0) is 12.0 Å². The Labute approximate surface area is 88.6 Å². The summed E-state index contributed by atoms with van der Waals surface area (Å²) in [7, 11) is 0. The second-order valence-corrected chi connectivity index (χ2v) is 4.15. The van der Waals surface area contributed by atoms with E-state index in [1.807, 2.05) is 6.07 Å². The highest BCUT2D eigenvalue weighted by molar-refractivity contribution is 7.99. The molecule has 0 aliphatic rings. The van der Waals surface area contributed by atoms with E-state index in [4.69, 9.17) is 5.26 Å². The van der Waals surface area contributed by atoms with Gasteiger partial charge in [0.05, 0.1) is 0 Å². The first-order valence-electron chi connectivity index (χ1n) is 4.62. The third-order valence-electron chi connectivity index (χ3n) is 1.94. The highest BCUT2D eigenvalue weighted by Crippen LogP contribution is 2.17. The number of aromatic nitrogens is 2. The number of nitriles is 1. The van der Waals surface area contributed by atoms with E-state index >= 15 is 0 Å². The van der Waals surface area contributed by atoms with Gasteiger partial charge in [0, 0.05) is 11.9 Å². The van der Waals surface area contributed by atoms with Crippen LogP contribution in [0.1, 0.15) is 26.0 Å². The summed E-state index contributed by atoms with van der Waals surface area (Å²) in [6, 6.07) is 3.62. The Morgan fingerprint density at radius 2 is 2.43 bits per heavy atom. The van der Waals surface area contributed by atoms with Gasteiger partial charge in [0.1, 0.15) is 11.8 Å². The number of thioether (sulfide) groups is 1. The molecule has 0 radical (unpaired) electrons. The Morgan fingerprint density at radius 1 is 1.64 bits per heavy atom. The molecule has 0 amide bonds. The fourth-order valence-corrected chi connectivity index (χ4v) is 1.77. The summed E-state index contributed by atoms with van der Waals surface area (Å²) < 4.78 is 0. The summed E-state index contributed by atoms with van der Waals surface area (Å²) in [4.78, 5) is 8.18. The number of hydrogen-bond acceptors (Lipinski definition) is 4. The minimum Gasteiger partial charge on any atom is -0.231 e. The predicted octanol–water partition coefficient (Wildman–Crippen LogP) is 2.49. The van der Waals surface area contributed by atoms with Crippen LogP contribution in [-0.4, -0.2) is 15.7 Å². The maximum atomic E-state index is 8.64. The minimum atomic E-state index is 0.437. The molecule has 4 heteroatoms. The van der Waals surface area contributed by atoms with E-state index in [1.165, 1.54) is 0 Å². The van der Waals surface area contributed by atoms with Crippen molar-refractivity contribution in [3.05, 3.63) is 18.0 Å². The predicted molar refractivity (Wildman–Crippen MR) is 56.9 cm³/mol. The van der Waals surface area contributed by atoms with Crippen LogP contribution in [0.5, 0.6) is 0 Å². The average molecular weight is 207 g/mol. The van der Waals surface area contributed by atoms with Gasteiger partial charge in [0.25, 0.3) is 0 Å². The second-order valence-electron chi connectivity index (χ2n) is 3.16. The largest absolute Gasteiger partial charge is 0.231 e. The van der Waals surface area contributed by atoms with Crippen molar-refractivity contribution in [2.45, 2.75) is 25.4 Å². The topological polar surface area (TPSA) is 49.6 Å². The molecule has 1 unspecified atom stereocenters. The smallest absolute Gasteiger partial charge is 0.188 e. The zero-order chi connectivity index (χ0) is 10.4. The minimum absolute atomic E-state index is 0.437. The van der Waals surface area contributed by atoms with Crippen molar-refractivity contribution in [2.24, 2.45) is 5.92 Å². The normalized spacial score (nSPS) is 12.1. The molecule has 0 saturated carbocycles. The lowest BCUT2D eigenvalue weighted by Crippen LogP contribution is -1.97. The Hall–Kier alpha value is -1.08. The standard InChI is InChI=1S/C10H13N3S/c1-3-8(2)7-14-10-12-5-4-9(6-11)13-10/h4-5,8H,3,7H2,1-2H3. The summed E-state index contributed by atoms with van der Waals surface area (Å²) in [6.07, 6.45) is 2.79. The Morgan fingerprint density at radius 3 is 3.07 bits per heavy atom. The molecule has 0 saturated heterocycles. The summed E-state index contributed by atoms with van der Waals surface area (Å²) in [6.45, 7) is 4.36. The van der Waals surface area contributed by atoms with E-state index in [1.54, 1.807) is 24.0 Å². The van der Waals surface area contributed by atoms with Crippen molar-refractivity contribution in [3.63, 3.8) is 0 Å². The molecule has 0 aromatic carbocycles. The van der Waals surface area contributed by atoms with Gasteiger partial charge in [-0.1, -0.05) is 32.0 Å². The Balaban J connectivity index is 2.55. The van der Waals surface area contributed by atoms with E-state index in [0.717, 1.165) is 12.2 Å². The first-order chi connectivity index (χ1) is 6.76. The van der Waals surface area contributed by atoms with Crippen LogP contribution in [0.25, 0.3) is 0 Å². The van der Waals surface area contributed by atoms with E-state index in [9.17, 15) is 0 Å². The van der Waals surface area contributed by atoms with Gasteiger partial charge in [-0.25, -0.2) is 9.97 Å². The van der Waals surface area contributed by atoms with Crippen molar-refractivity contribution < 1.29 is 0 Å². The van der Waals surface area contributed by atoms with Crippen LogP contribution < -0.4 is 0 Å². The van der Waals surface area contributed by atoms with E-state index < -0.39 is 0 Å². The summed E-state index contributed by atoms with van der Waals surface area (Å²) in [5.41, 5.74) is 0.437. The van der Waals surface area contributed by atoms with Crippen LogP contribution in [0, 0.1) is 17.2 Å². The van der Waals surface area contributed by atoms with E-state index in [-0.39, 0.29) is 0 Å². The molecule has 1 heterocycles. The fourth-order valence-electron chi connectivity index (χ4n) is 0.807. The molecule has 1 rings (SSSR count). The monoisotopic (exact) mass is 207 g/mol.